The fourth-order valence-corrected chi connectivity index (χ4v) is 3.22. The number of hydrogen-bond donors (Lipinski definition) is 3. The molecule has 4 rings (SSSR count). The van der Waals surface area contributed by atoms with Gasteiger partial charge >= 0.3 is 0 Å². The Balaban J connectivity index is 1.83. The van der Waals surface area contributed by atoms with E-state index in [1.807, 2.05) is 19.1 Å². The molecule has 8 nitrogen and oxygen atoms in total. The number of methoxy groups -OCH3 is 1. The lowest BCUT2D eigenvalue weighted by atomic mass is 10.0. The fraction of sp³-hybridized carbons (Fsp3) is 0.227. The van der Waals surface area contributed by atoms with Crippen LogP contribution in [0.4, 0.5) is 5.82 Å². The third kappa shape index (κ3) is 3.65. The van der Waals surface area contributed by atoms with Gasteiger partial charge in [-0.15, -0.1) is 0 Å². The third-order valence-electron chi connectivity index (χ3n) is 5.01. The number of rotatable bonds is 6. The van der Waals surface area contributed by atoms with Crippen LogP contribution in [0.2, 0.25) is 0 Å². The smallest absolute Gasteiger partial charge is 0.161 e. The average Bonchev–Trinajstić information content (AvgIpc) is 2.76. The molecule has 1 atom stereocenters. The normalized spacial score (nSPS) is 12.2. The maximum atomic E-state index is 10.1. The fourth-order valence-electron chi connectivity index (χ4n) is 3.22. The molecule has 5 N–H and O–H groups in total. The zero-order valence-corrected chi connectivity index (χ0v) is 16.8. The molecule has 0 aliphatic carbocycles. The lowest BCUT2D eigenvalue weighted by Crippen LogP contribution is -2.26. The summed E-state index contributed by atoms with van der Waals surface area (Å²) in [5.41, 5.74) is 14.2. The van der Waals surface area contributed by atoms with Crippen molar-refractivity contribution in [1.82, 2.24) is 15.0 Å². The second-order valence-electron chi connectivity index (χ2n) is 7.04. The minimum absolute atomic E-state index is 0.0263. The van der Waals surface area contributed by atoms with Crippen molar-refractivity contribution in [2.24, 2.45) is 5.73 Å². The second-order valence-corrected chi connectivity index (χ2v) is 7.04. The van der Waals surface area contributed by atoms with Crippen LogP contribution in [-0.4, -0.2) is 39.8 Å². The number of nitrogens with two attached hydrogens (primary N) is 2. The number of phenolic OH excluding ortho intramolecular Hbond substituents is 1. The number of fused-ring (bicyclic) bond motifs is 3. The van der Waals surface area contributed by atoms with Crippen molar-refractivity contribution in [3.05, 3.63) is 42.9 Å². The molecule has 0 unspecified atom stereocenters. The molecule has 0 bridgehead atoms. The number of phenols is 1. The maximum Gasteiger partial charge on any atom is 0.161 e. The summed E-state index contributed by atoms with van der Waals surface area (Å²) in [6, 6.07) is 7.06. The van der Waals surface area contributed by atoms with Crippen molar-refractivity contribution in [3.8, 4) is 28.5 Å². The Morgan fingerprint density at radius 1 is 1.07 bits per heavy atom. The number of aromatic nitrogens is 3. The molecule has 0 spiro atoms. The summed E-state index contributed by atoms with van der Waals surface area (Å²) < 4.78 is 11.0. The van der Waals surface area contributed by atoms with Gasteiger partial charge in [0, 0.05) is 40.8 Å². The molecule has 1 aromatic carbocycles. The van der Waals surface area contributed by atoms with Crippen molar-refractivity contribution in [2.75, 3.05) is 19.5 Å². The molecule has 0 amide bonds. The minimum atomic E-state index is -0.0339. The first-order chi connectivity index (χ1) is 14.5. The van der Waals surface area contributed by atoms with Gasteiger partial charge in [0.05, 0.1) is 24.5 Å². The van der Waals surface area contributed by atoms with E-state index in [2.05, 4.69) is 15.0 Å². The topological polar surface area (TPSA) is 129 Å². The number of nitrogens with zero attached hydrogens (tertiary/aromatic N) is 3. The summed E-state index contributed by atoms with van der Waals surface area (Å²) in [4.78, 5) is 13.2. The number of ether oxygens (including phenoxy) is 2. The minimum Gasteiger partial charge on any atom is -0.504 e. The maximum absolute atomic E-state index is 10.1. The van der Waals surface area contributed by atoms with E-state index in [1.165, 1.54) is 7.11 Å². The third-order valence-corrected chi connectivity index (χ3v) is 5.01. The lowest BCUT2D eigenvalue weighted by molar-refractivity contribution is 0.284. The molecule has 0 radical (unpaired) electrons. The van der Waals surface area contributed by atoms with Crippen molar-refractivity contribution in [1.29, 1.82) is 0 Å². The van der Waals surface area contributed by atoms with Crippen molar-refractivity contribution in [3.63, 3.8) is 0 Å². The molecule has 3 aromatic heterocycles. The lowest BCUT2D eigenvalue weighted by Gasteiger charge is -2.13. The van der Waals surface area contributed by atoms with Gasteiger partial charge in [0.1, 0.15) is 18.2 Å². The van der Waals surface area contributed by atoms with E-state index in [1.54, 1.807) is 30.7 Å². The van der Waals surface area contributed by atoms with Crippen molar-refractivity contribution < 1.29 is 14.6 Å². The van der Waals surface area contributed by atoms with E-state index in [4.69, 9.17) is 20.9 Å². The first-order valence-corrected chi connectivity index (χ1v) is 9.60. The molecule has 4 aromatic rings. The van der Waals surface area contributed by atoms with Gasteiger partial charge in [0.2, 0.25) is 0 Å². The SMILES string of the molecule is CC[C@H](N)COc1cncc(-c2cc3c(cnc4cc(O)c(OC)cc43)c(N)n2)c1. The van der Waals surface area contributed by atoms with E-state index >= 15 is 0 Å². The number of benzene rings is 1. The van der Waals surface area contributed by atoms with Crippen LogP contribution in [0.15, 0.2) is 42.9 Å². The largest absolute Gasteiger partial charge is 0.504 e. The van der Waals surface area contributed by atoms with E-state index in [9.17, 15) is 5.11 Å². The Bertz CT molecular complexity index is 1230. The molecule has 0 fully saturated rings. The standard InChI is InChI=1S/C22H23N5O3/c1-3-13(23)11-30-14-4-12(8-25-9-14)18-5-15-16-6-21(29-2)20(28)7-19(16)26-10-17(15)22(24)27-18/h4-10,13,28H,3,11,23H2,1-2H3,(H2,24,27)/t13-/m0/s1. The monoisotopic (exact) mass is 405 g/mol. The van der Waals surface area contributed by atoms with Crippen LogP contribution in [0.5, 0.6) is 17.2 Å². The number of pyridine rings is 3. The van der Waals surface area contributed by atoms with Gasteiger partial charge in [0.25, 0.3) is 0 Å². The van der Waals surface area contributed by atoms with Crippen LogP contribution in [0.25, 0.3) is 32.9 Å². The summed E-state index contributed by atoms with van der Waals surface area (Å²) in [7, 11) is 1.50. The molecule has 0 aliphatic heterocycles. The van der Waals surface area contributed by atoms with Crippen LogP contribution >= 0.6 is 0 Å². The number of hydrogen-bond acceptors (Lipinski definition) is 8. The number of nitrogen functional groups attached to an aromatic ring is 1. The van der Waals surface area contributed by atoms with Crippen LogP contribution in [0.1, 0.15) is 13.3 Å². The van der Waals surface area contributed by atoms with E-state index in [-0.39, 0.29) is 11.8 Å². The molecule has 0 aliphatic rings. The Morgan fingerprint density at radius 2 is 1.90 bits per heavy atom. The zero-order valence-electron chi connectivity index (χ0n) is 16.8. The van der Waals surface area contributed by atoms with Gasteiger partial charge in [-0.05, 0) is 30.0 Å². The summed E-state index contributed by atoms with van der Waals surface area (Å²) in [6.07, 6.45) is 5.83. The highest BCUT2D eigenvalue weighted by Gasteiger charge is 2.13. The summed E-state index contributed by atoms with van der Waals surface area (Å²) in [5.74, 6) is 1.35. The summed E-state index contributed by atoms with van der Waals surface area (Å²) >= 11 is 0. The zero-order chi connectivity index (χ0) is 21.3. The van der Waals surface area contributed by atoms with Crippen molar-refractivity contribution in [2.45, 2.75) is 19.4 Å². The molecule has 3 heterocycles. The van der Waals surface area contributed by atoms with Gasteiger partial charge in [-0.1, -0.05) is 6.92 Å². The van der Waals surface area contributed by atoms with Gasteiger partial charge < -0.3 is 26.0 Å². The Kier molecular flexibility index (Phi) is 5.24. The highest BCUT2D eigenvalue weighted by molar-refractivity contribution is 6.10. The van der Waals surface area contributed by atoms with E-state index in [0.717, 1.165) is 22.8 Å². The van der Waals surface area contributed by atoms with Crippen LogP contribution in [0.3, 0.4) is 0 Å². The number of anilines is 1. The molecule has 30 heavy (non-hydrogen) atoms. The quantitative estimate of drug-likeness (QED) is 0.417. The van der Waals surface area contributed by atoms with Gasteiger partial charge in [-0.25, -0.2) is 4.98 Å². The first-order valence-electron chi connectivity index (χ1n) is 9.60. The Morgan fingerprint density at radius 3 is 2.67 bits per heavy atom. The van der Waals surface area contributed by atoms with E-state index < -0.39 is 0 Å². The molecule has 154 valence electrons. The van der Waals surface area contributed by atoms with E-state index in [0.29, 0.717) is 40.5 Å². The average molecular weight is 405 g/mol. The molecule has 0 saturated heterocycles. The predicted molar refractivity (Wildman–Crippen MR) is 117 cm³/mol. The number of aromatic hydroxyl groups is 1. The Hall–Kier alpha value is -3.65. The molecular formula is C22H23N5O3. The van der Waals surface area contributed by atoms with Gasteiger partial charge in [-0.3, -0.25) is 9.97 Å². The molecule has 0 saturated carbocycles. The first kappa shape index (κ1) is 19.7. The van der Waals surface area contributed by atoms with Gasteiger partial charge in [0.15, 0.2) is 11.5 Å². The van der Waals surface area contributed by atoms with Crippen LogP contribution < -0.4 is 20.9 Å². The predicted octanol–water partition coefficient (Wildman–Crippen LogP) is 3.26. The van der Waals surface area contributed by atoms with Gasteiger partial charge in [-0.2, -0.15) is 0 Å². The van der Waals surface area contributed by atoms with Crippen molar-refractivity contribution >= 4 is 27.5 Å². The van der Waals surface area contributed by atoms with Crippen LogP contribution in [-0.2, 0) is 0 Å². The second kappa shape index (κ2) is 8.00. The summed E-state index contributed by atoms with van der Waals surface area (Å²) in [6.45, 7) is 2.42. The molecular weight excluding hydrogens is 382 g/mol. The Labute approximate surface area is 173 Å². The van der Waals surface area contributed by atoms with Crippen LogP contribution in [0, 0.1) is 0 Å². The highest BCUT2D eigenvalue weighted by Crippen LogP contribution is 2.36. The summed E-state index contributed by atoms with van der Waals surface area (Å²) in [5, 5.41) is 12.4. The highest BCUT2D eigenvalue weighted by atomic mass is 16.5. The molecule has 8 heteroatoms.